The number of carbonyl (C=O) groups excluding carboxylic acids is 1. The van der Waals surface area contributed by atoms with E-state index in [4.69, 9.17) is 0 Å². The van der Waals surface area contributed by atoms with E-state index >= 15 is 0 Å². The van der Waals surface area contributed by atoms with Gasteiger partial charge in [0.25, 0.3) is 0 Å². The van der Waals surface area contributed by atoms with Crippen LogP contribution in [0.15, 0.2) is 18.2 Å². The number of carbonyl (C=O) groups is 1. The first kappa shape index (κ1) is 17.9. The van der Waals surface area contributed by atoms with Crippen molar-refractivity contribution in [3.05, 3.63) is 35.4 Å². The van der Waals surface area contributed by atoms with E-state index in [1.807, 2.05) is 0 Å². The quantitative estimate of drug-likeness (QED) is 0.929. The van der Waals surface area contributed by atoms with Gasteiger partial charge >= 0.3 is 0 Å². The molecule has 0 bridgehead atoms. The van der Waals surface area contributed by atoms with Gasteiger partial charge in [-0.1, -0.05) is 6.07 Å². The Balaban J connectivity index is 0.00000220. The van der Waals surface area contributed by atoms with Gasteiger partial charge in [0.1, 0.15) is 0 Å². The molecule has 0 aromatic heterocycles. The smallest absolute Gasteiger partial charge is 0.226 e. The highest BCUT2D eigenvalue weighted by Gasteiger charge is 2.21. The first-order valence-corrected chi connectivity index (χ1v) is 6.98. The second kappa shape index (κ2) is 8.29. The lowest BCUT2D eigenvalue weighted by Crippen LogP contribution is -2.38. The Morgan fingerprint density at radius 2 is 2.05 bits per heavy atom. The number of halogens is 3. The van der Waals surface area contributed by atoms with Crippen LogP contribution in [0.2, 0.25) is 0 Å². The fourth-order valence-electron chi connectivity index (χ4n) is 2.54. The molecule has 2 rings (SSSR count). The predicted octanol–water partition coefficient (Wildman–Crippen LogP) is 2.53. The zero-order valence-electron chi connectivity index (χ0n) is 12.1. The zero-order chi connectivity index (χ0) is 14.5. The topological polar surface area (TPSA) is 32.3 Å². The molecule has 1 saturated heterocycles. The second-order valence-corrected chi connectivity index (χ2v) is 5.26. The Bertz CT molecular complexity index is 477. The average molecular weight is 319 g/mol. The third kappa shape index (κ3) is 4.93. The number of benzene rings is 1. The molecular weight excluding hydrogens is 298 g/mol. The zero-order valence-corrected chi connectivity index (χ0v) is 12.9. The van der Waals surface area contributed by atoms with Crippen LogP contribution in [0.25, 0.3) is 0 Å². The third-order valence-corrected chi connectivity index (χ3v) is 3.83. The summed E-state index contributed by atoms with van der Waals surface area (Å²) in [6, 6.07) is 3.84. The number of hydrogen-bond acceptors (Lipinski definition) is 2. The molecule has 0 saturated carbocycles. The summed E-state index contributed by atoms with van der Waals surface area (Å²) in [4.78, 5) is 14.0. The Morgan fingerprint density at radius 1 is 1.29 bits per heavy atom. The Hall–Kier alpha value is -1.20. The van der Waals surface area contributed by atoms with Gasteiger partial charge in [0, 0.05) is 13.1 Å². The molecule has 3 nitrogen and oxygen atoms in total. The molecular formula is C15H21ClF2N2O. The van der Waals surface area contributed by atoms with Gasteiger partial charge in [-0.05, 0) is 50.0 Å². The maximum atomic E-state index is 13.1. The Labute approximate surface area is 130 Å². The highest BCUT2D eigenvalue weighted by atomic mass is 35.5. The van der Waals surface area contributed by atoms with E-state index in [1.165, 1.54) is 6.07 Å². The molecule has 0 aliphatic carbocycles. The molecule has 1 aromatic rings. The Morgan fingerprint density at radius 3 is 2.76 bits per heavy atom. The summed E-state index contributed by atoms with van der Waals surface area (Å²) in [6.45, 7) is 1.90. The van der Waals surface area contributed by atoms with E-state index in [0.29, 0.717) is 5.56 Å². The van der Waals surface area contributed by atoms with E-state index in [9.17, 15) is 13.6 Å². The minimum Gasteiger partial charge on any atom is -0.342 e. The van der Waals surface area contributed by atoms with Crippen molar-refractivity contribution in [1.82, 2.24) is 10.2 Å². The van der Waals surface area contributed by atoms with Crippen LogP contribution < -0.4 is 5.32 Å². The molecule has 118 valence electrons. The van der Waals surface area contributed by atoms with Crippen LogP contribution in [0.3, 0.4) is 0 Å². The van der Waals surface area contributed by atoms with Gasteiger partial charge in [-0.25, -0.2) is 8.78 Å². The second-order valence-electron chi connectivity index (χ2n) is 5.26. The maximum Gasteiger partial charge on any atom is 0.226 e. The molecule has 6 heteroatoms. The number of rotatable bonds is 3. The SMILES string of the molecule is CN(C(=O)Cc1ccc(F)c(F)c1)C1CCCNCC1.Cl. The lowest BCUT2D eigenvalue weighted by molar-refractivity contribution is -0.131. The number of nitrogens with zero attached hydrogens (tertiary/aromatic N) is 1. The fourth-order valence-corrected chi connectivity index (χ4v) is 2.54. The molecule has 0 spiro atoms. The van der Waals surface area contributed by atoms with Gasteiger partial charge < -0.3 is 10.2 Å². The van der Waals surface area contributed by atoms with Gasteiger partial charge in [-0.15, -0.1) is 12.4 Å². The van der Waals surface area contributed by atoms with Gasteiger partial charge in [0.05, 0.1) is 6.42 Å². The number of nitrogens with one attached hydrogen (secondary N) is 1. The third-order valence-electron chi connectivity index (χ3n) is 3.83. The Kier molecular flexibility index (Phi) is 7.05. The van der Waals surface area contributed by atoms with E-state index in [2.05, 4.69) is 5.32 Å². The fraction of sp³-hybridized carbons (Fsp3) is 0.533. The molecule has 1 N–H and O–H groups in total. The summed E-state index contributed by atoms with van der Waals surface area (Å²) >= 11 is 0. The molecule has 1 fully saturated rings. The molecule has 0 radical (unpaired) electrons. The molecule has 1 atom stereocenters. The minimum atomic E-state index is -0.906. The largest absolute Gasteiger partial charge is 0.342 e. The van der Waals surface area contributed by atoms with Crippen LogP contribution in [0.5, 0.6) is 0 Å². The van der Waals surface area contributed by atoms with Crippen LogP contribution in [-0.2, 0) is 11.2 Å². The molecule has 1 aliphatic rings. The van der Waals surface area contributed by atoms with E-state index in [0.717, 1.165) is 44.5 Å². The van der Waals surface area contributed by atoms with E-state index in [1.54, 1.807) is 11.9 Å². The van der Waals surface area contributed by atoms with Crippen molar-refractivity contribution in [1.29, 1.82) is 0 Å². The van der Waals surface area contributed by atoms with Gasteiger partial charge in [0.2, 0.25) is 5.91 Å². The van der Waals surface area contributed by atoms with Crippen molar-refractivity contribution < 1.29 is 13.6 Å². The van der Waals surface area contributed by atoms with Crippen molar-refractivity contribution in [2.24, 2.45) is 0 Å². The van der Waals surface area contributed by atoms with Crippen LogP contribution >= 0.6 is 12.4 Å². The van der Waals surface area contributed by atoms with Crippen LogP contribution in [-0.4, -0.2) is 37.0 Å². The minimum absolute atomic E-state index is 0. The molecule has 1 aromatic carbocycles. The van der Waals surface area contributed by atoms with E-state index in [-0.39, 0.29) is 30.8 Å². The summed E-state index contributed by atoms with van der Waals surface area (Å²) < 4.78 is 26.0. The lowest BCUT2D eigenvalue weighted by Gasteiger charge is -2.27. The molecule has 1 aliphatic heterocycles. The van der Waals surface area contributed by atoms with E-state index < -0.39 is 11.6 Å². The average Bonchev–Trinajstić information content (AvgIpc) is 2.71. The summed E-state index contributed by atoms with van der Waals surface area (Å²) in [5, 5.41) is 3.31. The van der Waals surface area contributed by atoms with Gasteiger partial charge in [0.15, 0.2) is 11.6 Å². The van der Waals surface area contributed by atoms with Crippen molar-refractivity contribution in [2.45, 2.75) is 31.7 Å². The summed E-state index contributed by atoms with van der Waals surface area (Å²) in [6.07, 6.45) is 3.07. The highest BCUT2D eigenvalue weighted by Crippen LogP contribution is 2.15. The van der Waals surface area contributed by atoms with Gasteiger partial charge in [-0.2, -0.15) is 0 Å². The maximum absolute atomic E-state index is 13.1. The summed E-state index contributed by atoms with van der Waals surface area (Å²) in [5.41, 5.74) is 0.507. The van der Waals surface area contributed by atoms with Crippen molar-refractivity contribution in [2.75, 3.05) is 20.1 Å². The summed E-state index contributed by atoms with van der Waals surface area (Å²) in [7, 11) is 1.79. The van der Waals surface area contributed by atoms with Crippen molar-refractivity contribution in [3.63, 3.8) is 0 Å². The summed E-state index contributed by atoms with van der Waals surface area (Å²) in [5.74, 6) is -1.84. The monoisotopic (exact) mass is 318 g/mol. The van der Waals surface area contributed by atoms with Crippen LogP contribution in [0, 0.1) is 11.6 Å². The predicted molar refractivity (Wildman–Crippen MR) is 80.6 cm³/mol. The molecule has 1 heterocycles. The van der Waals surface area contributed by atoms with Crippen LogP contribution in [0.4, 0.5) is 8.78 Å². The number of likely N-dealkylation sites (N-methyl/N-ethyl adjacent to an activating group) is 1. The number of hydrogen-bond donors (Lipinski definition) is 1. The van der Waals surface area contributed by atoms with Crippen molar-refractivity contribution >= 4 is 18.3 Å². The first-order valence-electron chi connectivity index (χ1n) is 6.98. The molecule has 21 heavy (non-hydrogen) atoms. The molecule has 1 unspecified atom stereocenters. The lowest BCUT2D eigenvalue weighted by atomic mass is 10.1. The van der Waals surface area contributed by atoms with Gasteiger partial charge in [-0.3, -0.25) is 4.79 Å². The van der Waals surface area contributed by atoms with Crippen molar-refractivity contribution in [3.8, 4) is 0 Å². The van der Waals surface area contributed by atoms with Crippen LogP contribution in [0.1, 0.15) is 24.8 Å². The molecule has 1 amide bonds. The standard InChI is InChI=1S/C15H20F2N2O.ClH/c1-19(12-3-2-7-18-8-6-12)15(20)10-11-4-5-13(16)14(17)9-11;/h4-5,9,12,18H,2-3,6-8,10H2,1H3;1H. The first-order chi connectivity index (χ1) is 9.58. The normalized spacial score (nSPS) is 18.5. The number of amides is 1. The highest BCUT2D eigenvalue weighted by molar-refractivity contribution is 5.85.